The van der Waals surface area contributed by atoms with Crippen LogP contribution in [0.2, 0.25) is 0 Å². The van der Waals surface area contributed by atoms with Crippen molar-refractivity contribution >= 4 is 11.8 Å². The molecule has 0 aromatic carbocycles. The van der Waals surface area contributed by atoms with E-state index in [1.165, 1.54) is 0 Å². The summed E-state index contributed by atoms with van der Waals surface area (Å²) in [5.41, 5.74) is 0. The molecule has 0 bridgehead atoms. The first kappa shape index (κ1) is 10.3. The lowest BCUT2D eigenvalue weighted by Gasteiger charge is -2.16. The van der Waals surface area contributed by atoms with Crippen molar-refractivity contribution < 1.29 is 9.84 Å². The number of aliphatic hydroxyl groups excluding tert-OH is 1. The van der Waals surface area contributed by atoms with Gasteiger partial charge < -0.3 is 15.2 Å². The van der Waals surface area contributed by atoms with Gasteiger partial charge in [-0.05, 0) is 6.26 Å². The van der Waals surface area contributed by atoms with Crippen molar-refractivity contribution in [1.29, 1.82) is 0 Å². The summed E-state index contributed by atoms with van der Waals surface area (Å²) in [5, 5.41) is 13.3. The first-order valence-corrected chi connectivity index (χ1v) is 5.55. The summed E-state index contributed by atoms with van der Waals surface area (Å²) in [5.74, 6) is 0. The Morgan fingerprint density at radius 2 is 2.42 bits per heavy atom. The van der Waals surface area contributed by atoms with Gasteiger partial charge in [-0.15, -0.1) is 0 Å². The lowest BCUT2D eigenvalue weighted by molar-refractivity contribution is 0.122. The maximum Gasteiger partial charge on any atom is 0.0948 e. The van der Waals surface area contributed by atoms with Crippen molar-refractivity contribution in [2.24, 2.45) is 0 Å². The summed E-state index contributed by atoms with van der Waals surface area (Å²) in [7, 11) is 0. The number of nitrogens with one attached hydrogen (secondary N) is 1. The molecule has 3 atom stereocenters. The zero-order valence-electron chi connectivity index (χ0n) is 7.62. The molecule has 1 fully saturated rings. The molecule has 0 aliphatic carbocycles. The third-order valence-corrected chi connectivity index (χ3v) is 3.09. The van der Waals surface area contributed by atoms with E-state index in [0.29, 0.717) is 18.5 Å². The number of hydrogen-bond acceptors (Lipinski definition) is 4. The zero-order valence-corrected chi connectivity index (χ0v) is 8.43. The second kappa shape index (κ2) is 5.07. The summed E-state index contributed by atoms with van der Waals surface area (Å²) < 4.78 is 5.12. The van der Waals surface area contributed by atoms with Crippen LogP contribution in [0.4, 0.5) is 0 Å². The van der Waals surface area contributed by atoms with Gasteiger partial charge in [0.25, 0.3) is 0 Å². The highest BCUT2D eigenvalue weighted by Gasteiger charge is 2.25. The number of thioether (sulfide) groups is 1. The average molecular weight is 191 g/mol. The van der Waals surface area contributed by atoms with E-state index in [4.69, 9.17) is 4.74 Å². The van der Waals surface area contributed by atoms with Gasteiger partial charge in [-0.1, -0.05) is 6.92 Å². The van der Waals surface area contributed by atoms with Gasteiger partial charge in [-0.2, -0.15) is 11.8 Å². The van der Waals surface area contributed by atoms with Gasteiger partial charge in [0.2, 0.25) is 0 Å². The molecule has 1 saturated heterocycles. The summed E-state index contributed by atoms with van der Waals surface area (Å²) in [4.78, 5) is 0. The fourth-order valence-electron chi connectivity index (χ4n) is 1.14. The Balaban J connectivity index is 2.13. The Morgan fingerprint density at radius 1 is 1.67 bits per heavy atom. The van der Waals surface area contributed by atoms with E-state index in [1.807, 2.05) is 11.8 Å². The maximum atomic E-state index is 9.38. The molecule has 1 rings (SSSR count). The van der Waals surface area contributed by atoms with E-state index in [-0.39, 0.29) is 12.1 Å². The van der Waals surface area contributed by atoms with E-state index in [0.717, 1.165) is 6.54 Å². The SMILES string of the molecule is CSC(C)CNC1COCC1O. The van der Waals surface area contributed by atoms with E-state index < -0.39 is 0 Å². The molecule has 0 aromatic heterocycles. The quantitative estimate of drug-likeness (QED) is 0.661. The van der Waals surface area contributed by atoms with Gasteiger partial charge in [-0.3, -0.25) is 0 Å². The molecule has 1 aliphatic rings. The first-order chi connectivity index (χ1) is 5.74. The van der Waals surface area contributed by atoms with E-state index in [1.54, 1.807) is 0 Å². The van der Waals surface area contributed by atoms with Gasteiger partial charge in [0.05, 0.1) is 25.4 Å². The largest absolute Gasteiger partial charge is 0.389 e. The van der Waals surface area contributed by atoms with Crippen molar-refractivity contribution in [1.82, 2.24) is 5.32 Å². The van der Waals surface area contributed by atoms with Gasteiger partial charge in [-0.25, -0.2) is 0 Å². The topological polar surface area (TPSA) is 41.5 Å². The molecular formula is C8H17NO2S. The van der Waals surface area contributed by atoms with Crippen LogP contribution in [0.15, 0.2) is 0 Å². The second-order valence-corrected chi connectivity index (χ2v) is 4.44. The number of hydrogen-bond donors (Lipinski definition) is 2. The summed E-state index contributed by atoms with van der Waals surface area (Å²) in [6, 6.07) is 0.139. The van der Waals surface area contributed by atoms with Gasteiger partial charge in [0.15, 0.2) is 0 Å². The van der Waals surface area contributed by atoms with Crippen LogP contribution in [0, 0.1) is 0 Å². The van der Waals surface area contributed by atoms with Crippen molar-refractivity contribution in [3.05, 3.63) is 0 Å². The Labute approximate surface area is 77.9 Å². The molecular weight excluding hydrogens is 174 g/mol. The highest BCUT2D eigenvalue weighted by molar-refractivity contribution is 7.99. The molecule has 0 saturated carbocycles. The maximum absolute atomic E-state index is 9.38. The smallest absolute Gasteiger partial charge is 0.0948 e. The summed E-state index contributed by atoms with van der Waals surface area (Å²) in [6.07, 6.45) is 1.77. The van der Waals surface area contributed by atoms with Crippen LogP contribution in [0.25, 0.3) is 0 Å². The van der Waals surface area contributed by atoms with Crippen molar-refractivity contribution in [2.45, 2.75) is 24.3 Å². The summed E-state index contributed by atoms with van der Waals surface area (Å²) in [6.45, 7) is 4.22. The van der Waals surface area contributed by atoms with Crippen LogP contribution in [-0.2, 0) is 4.74 Å². The first-order valence-electron chi connectivity index (χ1n) is 4.26. The van der Waals surface area contributed by atoms with Crippen molar-refractivity contribution in [3.63, 3.8) is 0 Å². The van der Waals surface area contributed by atoms with E-state index in [9.17, 15) is 5.11 Å². The highest BCUT2D eigenvalue weighted by atomic mass is 32.2. The van der Waals surface area contributed by atoms with E-state index in [2.05, 4.69) is 18.5 Å². The zero-order chi connectivity index (χ0) is 8.97. The van der Waals surface area contributed by atoms with Gasteiger partial charge in [0.1, 0.15) is 0 Å². The Hall–Kier alpha value is 0.230. The van der Waals surface area contributed by atoms with Gasteiger partial charge >= 0.3 is 0 Å². The fraction of sp³-hybridized carbons (Fsp3) is 1.00. The molecule has 0 radical (unpaired) electrons. The summed E-state index contributed by atoms with van der Waals surface area (Å²) >= 11 is 1.82. The van der Waals surface area contributed by atoms with Crippen LogP contribution < -0.4 is 5.32 Å². The predicted molar refractivity (Wildman–Crippen MR) is 51.6 cm³/mol. The van der Waals surface area contributed by atoms with Gasteiger partial charge in [0, 0.05) is 11.8 Å². The molecule has 1 aliphatic heterocycles. The lowest BCUT2D eigenvalue weighted by Crippen LogP contribution is -2.41. The monoisotopic (exact) mass is 191 g/mol. The Bertz CT molecular complexity index is 134. The molecule has 2 N–H and O–H groups in total. The molecule has 0 spiro atoms. The van der Waals surface area contributed by atoms with Crippen LogP contribution in [-0.4, -0.2) is 48.5 Å². The van der Waals surface area contributed by atoms with Crippen molar-refractivity contribution in [2.75, 3.05) is 26.0 Å². The number of aliphatic hydroxyl groups is 1. The molecule has 72 valence electrons. The molecule has 1 heterocycles. The Kier molecular flexibility index (Phi) is 4.35. The molecule has 3 nitrogen and oxygen atoms in total. The Morgan fingerprint density at radius 3 is 2.92 bits per heavy atom. The van der Waals surface area contributed by atoms with Crippen LogP contribution >= 0.6 is 11.8 Å². The molecule has 0 amide bonds. The van der Waals surface area contributed by atoms with Crippen molar-refractivity contribution in [3.8, 4) is 0 Å². The molecule has 0 aromatic rings. The predicted octanol–water partition coefficient (Wildman–Crippen LogP) is 0.0872. The molecule has 12 heavy (non-hydrogen) atoms. The number of ether oxygens (including phenoxy) is 1. The fourth-order valence-corrected chi connectivity index (χ4v) is 1.40. The third-order valence-electron chi connectivity index (χ3n) is 2.12. The average Bonchev–Trinajstić information content (AvgIpc) is 2.47. The normalized spacial score (nSPS) is 32.2. The standard InChI is InChI=1S/C8H17NO2S/c1-6(12-2)3-9-7-4-11-5-8(7)10/h6-10H,3-5H2,1-2H3. The minimum atomic E-state index is -0.320. The molecule has 3 unspecified atom stereocenters. The second-order valence-electron chi connectivity index (χ2n) is 3.17. The van der Waals surface area contributed by atoms with Crippen LogP contribution in [0.1, 0.15) is 6.92 Å². The highest BCUT2D eigenvalue weighted by Crippen LogP contribution is 2.07. The molecule has 4 heteroatoms. The third kappa shape index (κ3) is 2.94. The van der Waals surface area contributed by atoms with Crippen LogP contribution in [0.3, 0.4) is 0 Å². The van der Waals surface area contributed by atoms with E-state index >= 15 is 0 Å². The van der Waals surface area contributed by atoms with Crippen LogP contribution in [0.5, 0.6) is 0 Å². The lowest BCUT2D eigenvalue weighted by atomic mass is 10.2. The minimum absolute atomic E-state index is 0.139. The number of rotatable bonds is 4. The minimum Gasteiger partial charge on any atom is -0.389 e.